The maximum atomic E-state index is 13.1. The van der Waals surface area contributed by atoms with Crippen LogP contribution in [0.25, 0.3) is 0 Å². The van der Waals surface area contributed by atoms with Crippen molar-refractivity contribution in [3.8, 4) is 0 Å². The Hall–Kier alpha value is -2.00. The Morgan fingerprint density at radius 2 is 2.21 bits per heavy atom. The molecule has 1 unspecified atom stereocenters. The molecule has 6 nitrogen and oxygen atoms in total. The zero-order chi connectivity index (χ0) is 17.6. The maximum absolute atomic E-state index is 13.1. The Bertz CT molecular complexity index is 779. The summed E-state index contributed by atoms with van der Waals surface area (Å²) in [5, 5.41) is 4.58. The van der Waals surface area contributed by atoms with Gasteiger partial charge in [0.2, 0.25) is 15.9 Å². The summed E-state index contributed by atoms with van der Waals surface area (Å²) in [7, 11) is -3.75. The van der Waals surface area contributed by atoms with E-state index in [1.807, 2.05) is 5.38 Å². The molecule has 0 fully saturated rings. The van der Waals surface area contributed by atoms with Gasteiger partial charge in [0.15, 0.2) is 0 Å². The molecule has 130 valence electrons. The van der Waals surface area contributed by atoms with Gasteiger partial charge in [-0.1, -0.05) is 13.0 Å². The van der Waals surface area contributed by atoms with Crippen molar-refractivity contribution in [3.05, 3.63) is 46.7 Å². The number of sulfonamides is 1. The van der Waals surface area contributed by atoms with Crippen LogP contribution in [-0.2, 0) is 21.2 Å². The van der Waals surface area contributed by atoms with Crippen LogP contribution in [0.2, 0.25) is 0 Å². The summed E-state index contributed by atoms with van der Waals surface area (Å²) < 4.78 is 39.5. The molecule has 0 radical (unpaired) electrons. The van der Waals surface area contributed by atoms with Gasteiger partial charge >= 0.3 is 0 Å². The van der Waals surface area contributed by atoms with Gasteiger partial charge in [0.1, 0.15) is 5.82 Å². The molecule has 2 N–H and O–H groups in total. The van der Waals surface area contributed by atoms with Gasteiger partial charge in [-0.25, -0.2) is 17.8 Å². The van der Waals surface area contributed by atoms with E-state index in [2.05, 4.69) is 15.0 Å². The van der Waals surface area contributed by atoms with Crippen LogP contribution >= 0.6 is 11.3 Å². The second-order valence-electron chi connectivity index (χ2n) is 5.32. The molecule has 1 heterocycles. The second-order valence-corrected chi connectivity index (χ2v) is 7.80. The van der Waals surface area contributed by atoms with Crippen LogP contribution in [0, 0.1) is 11.7 Å². The number of carbonyl (C=O) groups is 1. The van der Waals surface area contributed by atoms with Gasteiger partial charge < -0.3 is 5.32 Å². The van der Waals surface area contributed by atoms with Gasteiger partial charge in [0, 0.05) is 18.3 Å². The molecule has 0 aliphatic rings. The third kappa shape index (κ3) is 5.89. The summed E-state index contributed by atoms with van der Waals surface area (Å²) in [6.45, 7) is 1.92. The van der Waals surface area contributed by atoms with Crippen molar-refractivity contribution in [1.82, 2.24) is 10.3 Å². The molecule has 24 heavy (non-hydrogen) atoms. The lowest BCUT2D eigenvalue weighted by molar-refractivity contribution is -0.123. The van der Waals surface area contributed by atoms with E-state index in [1.54, 1.807) is 5.51 Å². The van der Waals surface area contributed by atoms with Crippen molar-refractivity contribution < 1.29 is 17.6 Å². The van der Waals surface area contributed by atoms with Crippen LogP contribution < -0.4 is 10.0 Å². The molecule has 9 heteroatoms. The number of benzene rings is 1. The Morgan fingerprint density at radius 3 is 2.88 bits per heavy atom. The van der Waals surface area contributed by atoms with Gasteiger partial charge in [-0.05, 0) is 18.2 Å². The average molecular weight is 371 g/mol. The number of hydrogen-bond acceptors (Lipinski definition) is 5. The van der Waals surface area contributed by atoms with Gasteiger partial charge in [0.25, 0.3) is 0 Å². The third-order valence-corrected chi connectivity index (χ3v) is 5.30. The minimum absolute atomic E-state index is 0.131. The lowest BCUT2D eigenvalue weighted by Gasteiger charge is -2.13. The van der Waals surface area contributed by atoms with Crippen LogP contribution in [0.3, 0.4) is 0 Å². The fraction of sp³-hybridized carbons (Fsp3) is 0.333. The first-order valence-corrected chi connectivity index (χ1v) is 9.86. The standard InChI is InChI=1S/C15H18FN3O3S2/c1-11(15(20)17-6-5-14-8-23-10-18-14)9-24(21,22)19-13-4-2-3-12(16)7-13/h2-4,7-8,10-11,19H,5-6,9H2,1H3,(H,17,20). The molecule has 2 aromatic rings. The molecule has 0 saturated carbocycles. The van der Waals surface area contributed by atoms with Crippen molar-refractivity contribution >= 4 is 33.0 Å². The highest BCUT2D eigenvalue weighted by atomic mass is 32.2. The minimum Gasteiger partial charge on any atom is -0.355 e. The molecule has 2 rings (SSSR count). The topological polar surface area (TPSA) is 88.2 Å². The summed E-state index contributed by atoms with van der Waals surface area (Å²) in [6, 6.07) is 5.15. The van der Waals surface area contributed by atoms with E-state index >= 15 is 0 Å². The first-order chi connectivity index (χ1) is 11.4. The molecule has 1 aromatic heterocycles. The van der Waals surface area contributed by atoms with Crippen molar-refractivity contribution in [2.45, 2.75) is 13.3 Å². The number of aromatic nitrogens is 1. The van der Waals surface area contributed by atoms with Crippen molar-refractivity contribution in [2.75, 3.05) is 17.0 Å². The molecule has 0 aliphatic carbocycles. The van der Waals surface area contributed by atoms with Crippen LogP contribution in [0.4, 0.5) is 10.1 Å². The largest absolute Gasteiger partial charge is 0.355 e. The van der Waals surface area contributed by atoms with Gasteiger partial charge in [0.05, 0.1) is 28.6 Å². The third-order valence-electron chi connectivity index (χ3n) is 3.18. The van der Waals surface area contributed by atoms with Crippen LogP contribution in [0.5, 0.6) is 0 Å². The lowest BCUT2D eigenvalue weighted by atomic mass is 10.2. The molecule has 1 atom stereocenters. The number of hydrogen-bond donors (Lipinski definition) is 2. The monoisotopic (exact) mass is 371 g/mol. The fourth-order valence-corrected chi connectivity index (χ4v) is 4.00. The molecule has 0 aliphatic heterocycles. The van der Waals surface area contributed by atoms with E-state index in [0.29, 0.717) is 13.0 Å². The Balaban J connectivity index is 1.82. The Labute approximate surface area is 144 Å². The molecule has 1 amide bonds. The summed E-state index contributed by atoms with van der Waals surface area (Å²) in [5.41, 5.74) is 2.73. The maximum Gasteiger partial charge on any atom is 0.233 e. The predicted molar refractivity (Wildman–Crippen MR) is 91.8 cm³/mol. The Kier molecular flexibility index (Phi) is 6.27. The van der Waals surface area contributed by atoms with Crippen LogP contribution in [0.1, 0.15) is 12.6 Å². The number of nitrogens with zero attached hydrogens (tertiary/aromatic N) is 1. The highest BCUT2D eigenvalue weighted by Gasteiger charge is 2.21. The normalized spacial score (nSPS) is 12.6. The van der Waals surface area contributed by atoms with Crippen molar-refractivity contribution in [1.29, 1.82) is 0 Å². The van der Waals surface area contributed by atoms with Gasteiger partial charge in [-0.2, -0.15) is 0 Å². The molecule has 0 bridgehead atoms. The average Bonchev–Trinajstić information content (AvgIpc) is 2.99. The minimum atomic E-state index is -3.75. The molecule has 1 aromatic carbocycles. The van der Waals surface area contributed by atoms with Gasteiger partial charge in [-0.3, -0.25) is 9.52 Å². The second kappa shape index (κ2) is 8.20. The molecule has 0 saturated heterocycles. The number of amides is 1. The fourth-order valence-electron chi connectivity index (χ4n) is 2.03. The van der Waals surface area contributed by atoms with Crippen LogP contribution in [0.15, 0.2) is 35.2 Å². The number of halogens is 1. The van der Waals surface area contributed by atoms with E-state index < -0.39 is 21.8 Å². The SMILES string of the molecule is CC(CS(=O)(=O)Nc1cccc(F)c1)C(=O)NCCc1cscn1. The smallest absolute Gasteiger partial charge is 0.233 e. The van der Waals surface area contributed by atoms with Gasteiger partial charge in [-0.15, -0.1) is 11.3 Å². The summed E-state index contributed by atoms with van der Waals surface area (Å²) in [6.07, 6.45) is 0.594. The zero-order valence-electron chi connectivity index (χ0n) is 13.0. The van der Waals surface area contributed by atoms with Crippen molar-refractivity contribution in [3.63, 3.8) is 0 Å². The van der Waals surface area contributed by atoms with Crippen LogP contribution in [-0.4, -0.2) is 31.6 Å². The number of carbonyl (C=O) groups excluding carboxylic acids is 1. The van der Waals surface area contributed by atoms with E-state index in [9.17, 15) is 17.6 Å². The molecular formula is C15H18FN3O3S2. The van der Waals surface area contributed by atoms with E-state index in [-0.39, 0.29) is 17.3 Å². The highest BCUT2D eigenvalue weighted by molar-refractivity contribution is 7.92. The van der Waals surface area contributed by atoms with Crippen molar-refractivity contribution in [2.24, 2.45) is 5.92 Å². The number of nitrogens with one attached hydrogen (secondary N) is 2. The predicted octanol–water partition coefficient (Wildman–Crippen LogP) is 2.02. The first-order valence-electron chi connectivity index (χ1n) is 7.26. The number of anilines is 1. The Morgan fingerprint density at radius 1 is 1.42 bits per heavy atom. The number of rotatable bonds is 8. The van der Waals surface area contributed by atoms with E-state index in [4.69, 9.17) is 0 Å². The summed E-state index contributed by atoms with van der Waals surface area (Å²) in [5.74, 6) is -2.00. The summed E-state index contributed by atoms with van der Waals surface area (Å²) in [4.78, 5) is 16.1. The number of thiazole rings is 1. The zero-order valence-corrected chi connectivity index (χ0v) is 14.7. The molecule has 0 spiro atoms. The highest BCUT2D eigenvalue weighted by Crippen LogP contribution is 2.13. The lowest BCUT2D eigenvalue weighted by Crippen LogP contribution is -2.35. The quantitative estimate of drug-likeness (QED) is 0.743. The van der Waals surface area contributed by atoms with E-state index in [1.165, 1.54) is 36.5 Å². The summed E-state index contributed by atoms with van der Waals surface area (Å²) >= 11 is 1.48. The van der Waals surface area contributed by atoms with E-state index in [0.717, 1.165) is 11.8 Å². The molecular weight excluding hydrogens is 353 g/mol. The first kappa shape index (κ1) is 18.3.